The fourth-order valence-electron chi connectivity index (χ4n) is 3.28. The Morgan fingerprint density at radius 1 is 1.27 bits per heavy atom. The molecule has 0 saturated heterocycles. The van der Waals surface area contributed by atoms with Gasteiger partial charge in [0.05, 0.1) is 0 Å². The van der Waals surface area contributed by atoms with Crippen molar-refractivity contribution in [3.63, 3.8) is 0 Å². The van der Waals surface area contributed by atoms with E-state index in [0.717, 1.165) is 9.86 Å². The van der Waals surface area contributed by atoms with Crippen molar-refractivity contribution in [2.45, 2.75) is 12.8 Å². The number of fused-ring (bicyclic) bond motifs is 3. The second kappa shape index (κ2) is 7.60. The first-order valence-electron chi connectivity index (χ1n) is 9.69. The van der Waals surface area contributed by atoms with E-state index in [0.29, 0.717) is 40.7 Å². The third-order valence-corrected chi connectivity index (χ3v) is 5.54. The second-order valence-corrected chi connectivity index (χ2v) is 8.31. The minimum atomic E-state index is -0.354. The minimum absolute atomic E-state index is 0.0560. The Morgan fingerprint density at radius 3 is 2.97 bits per heavy atom. The van der Waals surface area contributed by atoms with Gasteiger partial charge in [-0.1, -0.05) is 28.1 Å². The highest BCUT2D eigenvalue weighted by molar-refractivity contribution is 9.10. The highest BCUT2D eigenvalue weighted by atomic mass is 79.9. The first-order valence-corrected chi connectivity index (χ1v) is 10.5. The molecule has 0 atom stereocenters. The second-order valence-electron chi connectivity index (χ2n) is 7.40. The molecule has 0 aliphatic heterocycles. The number of aromatic nitrogens is 2. The van der Waals surface area contributed by atoms with Crippen LogP contribution < -0.4 is 15.6 Å². The number of carbonyl (C=O) groups excluding carboxylic acids is 1. The van der Waals surface area contributed by atoms with Gasteiger partial charge in [0.15, 0.2) is 6.61 Å². The molecule has 2 aromatic carbocycles. The van der Waals surface area contributed by atoms with Crippen molar-refractivity contribution in [3.05, 3.63) is 57.3 Å². The average molecular weight is 468 g/mol. The summed E-state index contributed by atoms with van der Waals surface area (Å²) in [6.45, 7) is 0.654. The van der Waals surface area contributed by atoms with Crippen molar-refractivity contribution in [2.24, 2.45) is 5.92 Å². The summed E-state index contributed by atoms with van der Waals surface area (Å²) in [5.74, 6) is 1.40. The maximum absolute atomic E-state index is 12.6. The highest BCUT2D eigenvalue weighted by Crippen LogP contribution is 2.30. The van der Waals surface area contributed by atoms with Gasteiger partial charge in [-0.05, 0) is 49.1 Å². The number of nitrogens with one attached hydrogen (secondary N) is 2. The number of benzene rings is 2. The summed E-state index contributed by atoms with van der Waals surface area (Å²) in [5.41, 5.74) is 1.60. The number of ether oxygens (including phenoxy) is 1. The van der Waals surface area contributed by atoms with Crippen molar-refractivity contribution in [1.29, 1.82) is 0 Å². The summed E-state index contributed by atoms with van der Waals surface area (Å²) in [4.78, 5) is 31.9. The Labute approximate surface area is 179 Å². The number of nitrogens with zero attached hydrogens (tertiary/aromatic N) is 1. The van der Waals surface area contributed by atoms with Crippen LogP contribution in [0.1, 0.15) is 12.8 Å². The van der Waals surface area contributed by atoms with E-state index in [1.54, 1.807) is 24.3 Å². The van der Waals surface area contributed by atoms with Crippen molar-refractivity contribution in [3.8, 4) is 17.1 Å². The van der Waals surface area contributed by atoms with Gasteiger partial charge in [0.1, 0.15) is 22.7 Å². The number of H-pyrrole nitrogens is 1. The van der Waals surface area contributed by atoms with E-state index in [-0.39, 0.29) is 23.7 Å². The summed E-state index contributed by atoms with van der Waals surface area (Å²) in [5, 5.41) is 3.63. The van der Waals surface area contributed by atoms with Gasteiger partial charge in [-0.25, -0.2) is 4.98 Å². The number of carbonyl (C=O) groups is 1. The van der Waals surface area contributed by atoms with Crippen LogP contribution in [0.15, 0.2) is 56.1 Å². The van der Waals surface area contributed by atoms with Crippen molar-refractivity contribution in [1.82, 2.24) is 15.3 Å². The number of halogens is 1. The number of amides is 1. The molecule has 8 heteroatoms. The summed E-state index contributed by atoms with van der Waals surface area (Å²) in [6, 6.07) is 12.6. The Morgan fingerprint density at radius 2 is 2.13 bits per heavy atom. The van der Waals surface area contributed by atoms with Crippen LogP contribution in [0.25, 0.3) is 33.5 Å². The van der Waals surface area contributed by atoms with Gasteiger partial charge < -0.3 is 19.5 Å². The third-order valence-electron chi connectivity index (χ3n) is 5.05. The maximum atomic E-state index is 12.6. The van der Waals surface area contributed by atoms with E-state index in [2.05, 4.69) is 31.2 Å². The third kappa shape index (κ3) is 3.82. The molecule has 2 aromatic heterocycles. The lowest BCUT2D eigenvalue weighted by Gasteiger charge is -2.08. The van der Waals surface area contributed by atoms with Crippen LogP contribution in [0.5, 0.6) is 5.75 Å². The smallest absolute Gasteiger partial charge is 0.294 e. The lowest BCUT2D eigenvalue weighted by molar-refractivity contribution is -0.123. The molecular formula is C22H18BrN3O4. The number of hydrogen-bond donors (Lipinski definition) is 2. The summed E-state index contributed by atoms with van der Waals surface area (Å²) in [7, 11) is 0. The fourth-order valence-corrected chi connectivity index (χ4v) is 3.64. The van der Waals surface area contributed by atoms with Crippen LogP contribution in [0.4, 0.5) is 0 Å². The molecule has 1 aliphatic rings. The molecule has 30 heavy (non-hydrogen) atoms. The topological polar surface area (TPSA) is 97.2 Å². The summed E-state index contributed by atoms with van der Waals surface area (Å²) in [6.07, 6.45) is 2.36. The van der Waals surface area contributed by atoms with Gasteiger partial charge in [-0.15, -0.1) is 0 Å². The van der Waals surface area contributed by atoms with Gasteiger partial charge in [0, 0.05) is 22.0 Å². The molecule has 5 rings (SSSR count). The van der Waals surface area contributed by atoms with E-state index in [1.807, 2.05) is 18.2 Å². The molecule has 152 valence electrons. The average Bonchev–Trinajstić information content (AvgIpc) is 3.51. The number of hydrogen-bond acceptors (Lipinski definition) is 5. The van der Waals surface area contributed by atoms with Gasteiger partial charge >= 0.3 is 0 Å². The fraction of sp³-hybridized carbons (Fsp3) is 0.227. The largest absolute Gasteiger partial charge is 0.484 e. The standard InChI is InChI=1S/C22H18BrN3O4/c23-14-6-7-17-16(9-14)19-20(30-17)22(28)26-21(25-19)13-2-1-3-15(8-13)29-11-18(27)24-10-12-4-5-12/h1-3,6-9,12H,4-5,10-11H2,(H,24,27)(H,25,26,28). The van der Waals surface area contributed by atoms with Crippen LogP contribution in [-0.2, 0) is 4.79 Å². The molecule has 7 nitrogen and oxygen atoms in total. The molecule has 0 bridgehead atoms. The highest BCUT2D eigenvalue weighted by Gasteiger charge is 2.21. The monoisotopic (exact) mass is 467 g/mol. The molecule has 1 saturated carbocycles. The Hall–Kier alpha value is -3.13. The van der Waals surface area contributed by atoms with E-state index < -0.39 is 0 Å². The van der Waals surface area contributed by atoms with Gasteiger partial charge in [-0.3, -0.25) is 9.59 Å². The molecular weight excluding hydrogens is 450 g/mol. The summed E-state index contributed by atoms with van der Waals surface area (Å²) < 4.78 is 12.2. The predicted molar refractivity (Wildman–Crippen MR) is 117 cm³/mol. The normalized spacial score (nSPS) is 13.6. The van der Waals surface area contributed by atoms with Crippen molar-refractivity contribution in [2.75, 3.05) is 13.2 Å². The Bertz CT molecular complexity index is 1320. The predicted octanol–water partition coefficient (Wildman–Crippen LogP) is 4.00. The first-order chi connectivity index (χ1) is 14.6. The summed E-state index contributed by atoms with van der Waals surface area (Å²) >= 11 is 3.44. The molecule has 1 fully saturated rings. The van der Waals surface area contributed by atoms with Crippen molar-refractivity contribution < 1.29 is 13.9 Å². The Balaban J connectivity index is 1.42. The van der Waals surface area contributed by atoms with Crippen LogP contribution in [-0.4, -0.2) is 29.0 Å². The van der Waals surface area contributed by atoms with E-state index >= 15 is 0 Å². The lowest BCUT2D eigenvalue weighted by Crippen LogP contribution is -2.30. The zero-order valence-electron chi connectivity index (χ0n) is 15.9. The number of aromatic amines is 1. The molecule has 0 radical (unpaired) electrons. The molecule has 0 spiro atoms. The SMILES string of the molecule is O=C(COc1cccc(-c2nc3c(oc4ccc(Br)cc43)c(=O)[nH]2)c1)NCC1CC1. The van der Waals surface area contributed by atoms with Gasteiger partial charge in [0.25, 0.3) is 11.5 Å². The lowest BCUT2D eigenvalue weighted by atomic mass is 10.2. The van der Waals surface area contributed by atoms with Crippen LogP contribution in [0.3, 0.4) is 0 Å². The molecule has 1 aliphatic carbocycles. The van der Waals surface area contributed by atoms with Crippen LogP contribution >= 0.6 is 15.9 Å². The quantitative estimate of drug-likeness (QED) is 0.446. The van der Waals surface area contributed by atoms with Gasteiger partial charge in [0.2, 0.25) is 5.58 Å². The molecule has 0 unspecified atom stereocenters. The van der Waals surface area contributed by atoms with Crippen LogP contribution in [0.2, 0.25) is 0 Å². The number of furan rings is 1. The first kappa shape index (κ1) is 18.9. The number of rotatable bonds is 6. The minimum Gasteiger partial charge on any atom is -0.484 e. The molecule has 2 N–H and O–H groups in total. The van der Waals surface area contributed by atoms with Crippen LogP contribution in [0, 0.1) is 5.92 Å². The molecule has 4 aromatic rings. The molecule has 1 amide bonds. The zero-order valence-corrected chi connectivity index (χ0v) is 17.5. The van der Waals surface area contributed by atoms with Crippen molar-refractivity contribution >= 4 is 43.9 Å². The van der Waals surface area contributed by atoms with E-state index in [1.165, 1.54) is 12.8 Å². The van der Waals surface area contributed by atoms with E-state index in [9.17, 15) is 9.59 Å². The zero-order chi connectivity index (χ0) is 20.7. The van der Waals surface area contributed by atoms with Gasteiger partial charge in [-0.2, -0.15) is 0 Å². The Kier molecular flexibility index (Phi) is 4.78. The maximum Gasteiger partial charge on any atom is 0.294 e. The molecule has 2 heterocycles. The van der Waals surface area contributed by atoms with E-state index in [4.69, 9.17) is 9.15 Å².